The molecule has 1 atom stereocenters. The van der Waals surface area contributed by atoms with E-state index in [2.05, 4.69) is 26.0 Å². The van der Waals surface area contributed by atoms with Crippen molar-refractivity contribution in [1.29, 1.82) is 0 Å². The minimum atomic E-state index is -2.03. The summed E-state index contributed by atoms with van der Waals surface area (Å²) < 4.78 is 21.5. The lowest BCUT2D eigenvalue weighted by atomic mass is 10.2. The van der Waals surface area contributed by atoms with Crippen LogP contribution in [0.15, 0.2) is 48.9 Å². The largest absolute Gasteiger partial charge is 0.289 e. The minimum absolute atomic E-state index is 1.04. The Morgan fingerprint density at radius 2 is 1.35 bits per heavy atom. The molecule has 0 heterocycles. The van der Waals surface area contributed by atoms with Crippen LogP contribution in [-0.2, 0) is 11.3 Å². The molecule has 4 heteroatoms. The number of hydrogen-bond acceptors (Lipinski definition) is 1. The molecule has 0 fully saturated rings. The van der Waals surface area contributed by atoms with Crippen LogP contribution in [0.5, 0.6) is 0 Å². The molecule has 0 aliphatic heterocycles. The summed E-state index contributed by atoms with van der Waals surface area (Å²) in [5.41, 5.74) is 0. The molecule has 0 aromatic heterocycles. The Bertz CT molecular complexity index is 331. The van der Waals surface area contributed by atoms with Gasteiger partial charge in [0.2, 0.25) is 0 Å². The number of allylic oxidation sites excluding steroid dienone is 6. The van der Waals surface area contributed by atoms with Gasteiger partial charge >= 0.3 is 0 Å². The van der Waals surface area contributed by atoms with Gasteiger partial charge in [-0.3, -0.25) is 8.86 Å². The van der Waals surface area contributed by atoms with Gasteiger partial charge in [0.1, 0.15) is 0 Å². The van der Waals surface area contributed by atoms with E-state index in [-0.39, 0.29) is 0 Å². The van der Waals surface area contributed by atoms with E-state index in [9.17, 15) is 4.21 Å². The van der Waals surface area contributed by atoms with Crippen molar-refractivity contribution in [3.8, 4) is 0 Å². The second-order valence-electron chi connectivity index (χ2n) is 4.41. The Kier molecular flexibility index (Phi) is 13.5. The summed E-state index contributed by atoms with van der Waals surface area (Å²) in [5.74, 6) is 0. The van der Waals surface area contributed by atoms with Crippen molar-refractivity contribution in [2.24, 2.45) is 0 Å². The van der Waals surface area contributed by atoms with Crippen LogP contribution in [0.3, 0.4) is 0 Å². The second kappa shape index (κ2) is 14.3. The van der Waals surface area contributed by atoms with Crippen LogP contribution in [0.1, 0.15) is 52.4 Å². The molecule has 0 aromatic carbocycles. The average Bonchev–Trinajstić information content (AvgIpc) is 2.43. The molecule has 0 saturated carbocycles. The Morgan fingerprint density at radius 3 is 1.70 bits per heavy atom. The van der Waals surface area contributed by atoms with E-state index < -0.39 is 11.3 Å². The molecule has 1 unspecified atom stereocenters. The van der Waals surface area contributed by atoms with Crippen LogP contribution < -0.4 is 0 Å². The Balaban J connectivity index is 4.19. The lowest BCUT2D eigenvalue weighted by Gasteiger charge is -2.07. The molecule has 0 radical (unpaired) electrons. The molecule has 0 saturated heterocycles. The van der Waals surface area contributed by atoms with Crippen molar-refractivity contribution < 1.29 is 8.76 Å². The summed E-state index contributed by atoms with van der Waals surface area (Å²) in [5, 5.41) is 0. The fraction of sp³-hybridized carbons (Fsp3) is 0.500. The van der Waals surface area contributed by atoms with Crippen molar-refractivity contribution in [3.63, 3.8) is 0 Å². The van der Waals surface area contributed by atoms with Crippen LogP contribution in [-0.4, -0.2) is 13.1 Å². The Hall–Kier alpha value is -1.13. The molecule has 0 aliphatic carbocycles. The van der Waals surface area contributed by atoms with Crippen LogP contribution in [0, 0.1) is 0 Å². The molecular formula is C16H27NO2S. The molecule has 20 heavy (non-hydrogen) atoms. The van der Waals surface area contributed by atoms with E-state index in [0.717, 1.165) is 12.8 Å². The van der Waals surface area contributed by atoms with Crippen molar-refractivity contribution in [2.45, 2.75) is 52.4 Å². The third-order valence-electron chi connectivity index (χ3n) is 2.59. The summed E-state index contributed by atoms with van der Waals surface area (Å²) >= 11 is -2.03. The van der Waals surface area contributed by atoms with Crippen LogP contribution in [0.4, 0.5) is 0 Å². The summed E-state index contributed by atoms with van der Waals surface area (Å²) in [6, 6.07) is 0. The predicted molar refractivity (Wildman–Crippen MR) is 88.2 cm³/mol. The highest BCUT2D eigenvalue weighted by atomic mass is 32.2. The fourth-order valence-electron chi connectivity index (χ4n) is 1.42. The van der Waals surface area contributed by atoms with E-state index in [1.165, 1.54) is 30.0 Å². The highest BCUT2D eigenvalue weighted by Crippen LogP contribution is 2.00. The summed E-state index contributed by atoms with van der Waals surface area (Å²) in [7, 11) is 0. The molecule has 0 rings (SSSR count). The van der Waals surface area contributed by atoms with Gasteiger partial charge in [-0.25, -0.2) is 4.21 Å². The van der Waals surface area contributed by atoms with Gasteiger partial charge in [0.05, 0.1) is 0 Å². The number of rotatable bonds is 11. The number of hydrogen-bond donors (Lipinski definition) is 1. The van der Waals surface area contributed by atoms with Crippen molar-refractivity contribution >= 4 is 11.3 Å². The first kappa shape index (κ1) is 18.9. The first-order valence-electron chi connectivity index (χ1n) is 7.28. The lowest BCUT2D eigenvalue weighted by molar-refractivity contribution is 0.520. The standard InChI is InChI=1S/C16H27NO2S/c1-3-5-7-9-11-13-15-17(20(18)19)16-14-12-10-8-6-4-2/h9-16H,3-8H2,1-2H3,(H,18,19). The van der Waals surface area contributed by atoms with Crippen LogP contribution in [0.25, 0.3) is 0 Å². The maximum atomic E-state index is 11.1. The van der Waals surface area contributed by atoms with Gasteiger partial charge in [-0.05, 0) is 25.0 Å². The third-order valence-corrected chi connectivity index (χ3v) is 3.19. The maximum absolute atomic E-state index is 11.1. The minimum Gasteiger partial charge on any atom is -0.289 e. The van der Waals surface area contributed by atoms with Crippen LogP contribution in [0.2, 0.25) is 0 Å². The van der Waals surface area contributed by atoms with Gasteiger partial charge in [-0.2, -0.15) is 0 Å². The monoisotopic (exact) mass is 297 g/mol. The van der Waals surface area contributed by atoms with Crippen molar-refractivity contribution in [1.82, 2.24) is 4.31 Å². The SMILES string of the molecule is CCCCC=CC=CN(C=CC=CCCCC)S(=O)O. The van der Waals surface area contributed by atoms with Gasteiger partial charge in [0, 0.05) is 12.4 Å². The zero-order chi connectivity index (χ0) is 15.1. The average molecular weight is 297 g/mol. The van der Waals surface area contributed by atoms with E-state index in [0.29, 0.717) is 0 Å². The van der Waals surface area contributed by atoms with Crippen molar-refractivity contribution in [3.05, 3.63) is 48.9 Å². The molecule has 0 bridgehead atoms. The van der Waals surface area contributed by atoms with Gasteiger partial charge in [0.15, 0.2) is 0 Å². The lowest BCUT2D eigenvalue weighted by Crippen LogP contribution is -2.11. The molecule has 3 nitrogen and oxygen atoms in total. The fourth-order valence-corrected chi connectivity index (χ4v) is 1.77. The van der Waals surface area contributed by atoms with Crippen molar-refractivity contribution in [2.75, 3.05) is 0 Å². The molecule has 0 spiro atoms. The van der Waals surface area contributed by atoms with Crippen LogP contribution >= 0.6 is 0 Å². The summed E-state index contributed by atoms with van der Waals surface area (Å²) in [4.78, 5) is 0. The Morgan fingerprint density at radius 1 is 0.900 bits per heavy atom. The predicted octanol–water partition coefficient (Wildman–Crippen LogP) is 4.95. The molecule has 1 N–H and O–H groups in total. The maximum Gasteiger partial charge on any atom is 0.265 e. The van der Waals surface area contributed by atoms with Gasteiger partial charge in [-0.1, -0.05) is 63.8 Å². The molecular weight excluding hydrogens is 270 g/mol. The quantitative estimate of drug-likeness (QED) is 0.333. The Labute approximate surface area is 126 Å². The van der Waals surface area contributed by atoms with E-state index in [4.69, 9.17) is 4.55 Å². The van der Waals surface area contributed by atoms with Gasteiger partial charge in [-0.15, -0.1) is 0 Å². The normalized spacial score (nSPS) is 14.2. The number of unbranched alkanes of at least 4 members (excludes halogenated alkanes) is 4. The third kappa shape index (κ3) is 11.9. The zero-order valence-corrected chi connectivity index (χ0v) is 13.4. The summed E-state index contributed by atoms with van der Waals surface area (Å²) in [6.07, 6.45) is 21.4. The zero-order valence-electron chi connectivity index (χ0n) is 12.6. The topological polar surface area (TPSA) is 40.5 Å². The highest BCUT2D eigenvalue weighted by molar-refractivity contribution is 7.76. The number of nitrogens with zero attached hydrogens (tertiary/aromatic N) is 1. The van der Waals surface area contributed by atoms with E-state index in [1.807, 2.05) is 12.2 Å². The molecule has 0 aromatic rings. The highest BCUT2D eigenvalue weighted by Gasteiger charge is 1.98. The molecule has 114 valence electrons. The van der Waals surface area contributed by atoms with E-state index >= 15 is 0 Å². The first-order valence-corrected chi connectivity index (χ1v) is 8.34. The van der Waals surface area contributed by atoms with E-state index in [1.54, 1.807) is 24.6 Å². The second-order valence-corrected chi connectivity index (χ2v) is 5.30. The summed E-state index contributed by atoms with van der Waals surface area (Å²) in [6.45, 7) is 4.30. The first-order chi connectivity index (χ1) is 9.72. The van der Waals surface area contributed by atoms with Gasteiger partial charge in [0.25, 0.3) is 11.3 Å². The molecule has 0 amide bonds. The van der Waals surface area contributed by atoms with Gasteiger partial charge < -0.3 is 0 Å². The molecule has 0 aliphatic rings. The smallest absolute Gasteiger partial charge is 0.265 e.